The van der Waals surface area contributed by atoms with Crippen LogP contribution in [0.3, 0.4) is 0 Å². The van der Waals surface area contributed by atoms with Crippen LogP contribution in [0.25, 0.3) is 0 Å². The second-order valence-electron chi connectivity index (χ2n) is 5.28. The molecule has 6 nitrogen and oxygen atoms in total. The summed E-state index contributed by atoms with van der Waals surface area (Å²) in [6, 6.07) is 0.984. The van der Waals surface area contributed by atoms with Crippen molar-refractivity contribution in [3.63, 3.8) is 0 Å². The maximum atomic E-state index is 5.05. The summed E-state index contributed by atoms with van der Waals surface area (Å²) < 4.78 is 10.1. The summed E-state index contributed by atoms with van der Waals surface area (Å²) in [7, 11) is 3.07. The Bertz CT molecular complexity index is 397. The maximum Gasteiger partial charge on any atom is 0.324 e. The van der Waals surface area contributed by atoms with Crippen LogP contribution in [0.15, 0.2) is 0 Å². The van der Waals surface area contributed by atoms with Gasteiger partial charge in [-0.1, -0.05) is 19.8 Å². The van der Waals surface area contributed by atoms with Gasteiger partial charge >= 0.3 is 12.0 Å². The molecule has 0 unspecified atom stereocenters. The number of hydrogen-bond acceptors (Lipinski definition) is 6. The number of nitrogens with one attached hydrogen (secondary N) is 1. The average molecular weight is 280 g/mol. The largest absolute Gasteiger partial charge is 0.467 e. The summed E-state index contributed by atoms with van der Waals surface area (Å²) in [5.74, 6) is 1.42. The zero-order chi connectivity index (χ0) is 14.4. The van der Waals surface area contributed by atoms with E-state index in [-0.39, 0.29) is 12.0 Å². The molecule has 2 rings (SSSR count). The molecule has 0 saturated heterocycles. The van der Waals surface area contributed by atoms with Crippen molar-refractivity contribution in [2.45, 2.75) is 51.5 Å². The number of hydrogen-bond donors (Lipinski definition) is 1. The SMILES string of the molecule is CCCC1CCC(Nc2nc(OC)nc(OC)n2)CC1. The lowest BCUT2D eigenvalue weighted by molar-refractivity contribution is 0.316. The third-order valence-corrected chi connectivity index (χ3v) is 3.84. The minimum atomic E-state index is 0.277. The first-order chi connectivity index (χ1) is 9.75. The van der Waals surface area contributed by atoms with E-state index in [0.29, 0.717) is 12.0 Å². The average Bonchev–Trinajstić information content (AvgIpc) is 2.49. The molecule has 20 heavy (non-hydrogen) atoms. The lowest BCUT2D eigenvalue weighted by Gasteiger charge is -2.28. The molecule has 0 atom stereocenters. The summed E-state index contributed by atoms with van der Waals surface area (Å²) in [6.45, 7) is 2.26. The van der Waals surface area contributed by atoms with E-state index in [2.05, 4.69) is 27.2 Å². The van der Waals surface area contributed by atoms with Crippen LogP contribution in [0.1, 0.15) is 45.4 Å². The highest BCUT2D eigenvalue weighted by atomic mass is 16.5. The molecule has 1 saturated carbocycles. The highest BCUT2D eigenvalue weighted by Crippen LogP contribution is 2.29. The lowest BCUT2D eigenvalue weighted by atomic mass is 9.83. The van der Waals surface area contributed by atoms with Crippen LogP contribution in [-0.4, -0.2) is 35.2 Å². The summed E-state index contributed by atoms with van der Waals surface area (Å²) in [6.07, 6.45) is 7.53. The Morgan fingerprint density at radius 2 is 1.60 bits per heavy atom. The molecular weight excluding hydrogens is 256 g/mol. The van der Waals surface area contributed by atoms with Gasteiger partial charge in [-0.15, -0.1) is 4.98 Å². The molecule has 0 radical (unpaired) electrons. The Kier molecular flexibility index (Phi) is 5.38. The van der Waals surface area contributed by atoms with Crippen molar-refractivity contribution in [3.05, 3.63) is 0 Å². The first kappa shape index (κ1) is 14.8. The van der Waals surface area contributed by atoms with Crippen molar-refractivity contribution in [1.29, 1.82) is 0 Å². The highest BCUT2D eigenvalue weighted by molar-refractivity contribution is 5.29. The quantitative estimate of drug-likeness (QED) is 0.864. The van der Waals surface area contributed by atoms with Gasteiger partial charge in [0.2, 0.25) is 5.95 Å². The van der Waals surface area contributed by atoms with Crippen LogP contribution in [0.4, 0.5) is 5.95 Å². The topological polar surface area (TPSA) is 69.2 Å². The molecular formula is C14H24N4O2. The van der Waals surface area contributed by atoms with Crippen molar-refractivity contribution in [2.75, 3.05) is 19.5 Å². The predicted octanol–water partition coefficient (Wildman–Crippen LogP) is 2.66. The minimum Gasteiger partial charge on any atom is -0.467 e. The van der Waals surface area contributed by atoms with Gasteiger partial charge in [0, 0.05) is 6.04 Å². The Hall–Kier alpha value is -1.59. The van der Waals surface area contributed by atoms with Crippen molar-refractivity contribution in [1.82, 2.24) is 15.0 Å². The lowest BCUT2D eigenvalue weighted by Crippen LogP contribution is -2.27. The van der Waals surface area contributed by atoms with E-state index < -0.39 is 0 Å². The molecule has 0 bridgehead atoms. The molecule has 0 aliphatic heterocycles. The third kappa shape index (κ3) is 3.95. The second kappa shape index (κ2) is 7.26. The van der Waals surface area contributed by atoms with Gasteiger partial charge < -0.3 is 14.8 Å². The second-order valence-corrected chi connectivity index (χ2v) is 5.28. The van der Waals surface area contributed by atoms with Crippen molar-refractivity contribution >= 4 is 5.95 Å². The Morgan fingerprint density at radius 1 is 1.00 bits per heavy atom. The normalized spacial score (nSPS) is 22.4. The van der Waals surface area contributed by atoms with E-state index in [1.807, 2.05) is 0 Å². The minimum absolute atomic E-state index is 0.277. The van der Waals surface area contributed by atoms with E-state index in [1.54, 1.807) is 0 Å². The van der Waals surface area contributed by atoms with Gasteiger partial charge in [-0.2, -0.15) is 9.97 Å². The molecule has 1 N–H and O–H groups in total. The van der Waals surface area contributed by atoms with E-state index in [4.69, 9.17) is 9.47 Å². The highest BCUT2D eigenvalue weighted by Gasteiger charge is 2.21. The smallest absolute Gasteiger partial charge is 0.324 e. The van der Waals surface area contributed by atoms with E-state index >= 15 is 0 Å². The molecule has 1 fully saturated rings. The maximum absolute atomic E-state index is 5.05. The first-order valence-corrected chi connectivity index (χ1v) is 7.35. The van der Waals surface area contributed by atoms with Gasteiger partial charge in [0.25, 0.3) is 0 Å². The molecule has 0 spiro atoms. The summed E-state index contributed by atoms with van der Waals surface area (Å²) in [4.78, 5) is 12.4. The van der Waals surface area contributed by atoms with E-state index in [1.165, 1.54) is 52.7 Å². The third-order valence-electron chi connectivity index (χ3n) is 3.84. The van der Waals surface area contributed by atoms with Gasteiger partial charge in [-0.3, -0.25) is 0 Å². The fourth-order valence-corrected chi connectivity index (χ4v) is 2.77. The van der Waals surface area contributed by atoms with Crippen molar-refractivity contribution < 1.29 is 9.47 Å². The van der Waals surface area contributed by atoms with Gasteiger partial charge in [0.1, 0.15) is 0 Å². The van der Waals surface area contributed by atoms with Crippen LogP contribution < -0.4 is 14.8 Å². The fraction of sp³-hybridized carbons (Fsp3) is 0.786. The predicted molar refractivity (Wildman–Crippen MR) is 77.2 cm³/mol. The van der Waals surface area contributed by atoms with E-state index in [9.17, 15) is 0 Å². The van der Waals surface area contributed by atoms with Gasteiger partial charge in [0.05, 0.1) is 14.2 Å². The molecule has 1 heterocycles. The van der Waals surface area contributed by atoms with Crippen LogP contribution >= 0.6 is 0 Å². The van der Waals surface area contributed by atoms with Crippen molar-refractivity contribution in [2.24, 2.45) is 5.92 Å². The van der Waals surface area contributed by atoms with Gasteiger partial charge in [-0.25, -0.2) is 0 Å². The number of nitrogens with zero attached hydrogens (tertiary/aromatic N) is 3. The Morgan fingerprint density at radius 3 is 2.10 bits per heavy atom. The zero-order valence-corrected chi connectivity index (χ0v) is 12.6. The summed E-state index contributed by atoms with van der Waals surface area (Å²) in [5, 5.41) is 3.37. The Balaban J connectivity index is 1.93. The standard InChI is InChI=1S/C14H24N4O2/c1-4-5-10-6-8-11(9-7-10)15-12-16-13(19-2)18-14(17-12)20-3/h10-11H,4-9H2,1-3H3,(H,15,16,17,18). The monoisotopic (exact) mass is 280 g/mol. The van der Waals surface area contributed by atoms with E-state index in [0.717, 1.165) is 5.92 Å². The molecule has 1 aromatic rings. The molecule has 0 aromatic carbocycles. The van der Waals surface area contributed by atoms with Crippen LogP contribution in [0.5, 0.6) is 12.0 Å². The van der Waals surface area contributed by atoms with Gasteiger partial charge in [-0.05, 0) is 31.6 Å². The fourth-order valence-electron chi connectivity index (χ4n) is 2.77. The summed E-state index contributed by atoms with van der Waals surface area (Å²) >= 11 is 0. The molecule has 112 valence electrons. The number of anilines is 1. The Labute approximate surface area is 120 Å². The van der Waals surface area contributed by atoms with Crippen molar-refractivity contribution in [3.8, 4) is 12.0 Å². The number of aromatic nitrogens is 3. The van der Waals surface area contributed by atoms with Gasteiger partial charge in [0.15, 0.2) is 0 Å². The molecule has 0 amide bonds. The number of methoxy groups -OCH3 is 2. The molecule has 6 heteroatoms. The van der Waals surface area contributed by atoms with Crippen LogP contribution in [-0.2, 0) is 0 Å². The number of ether oxygens (including phenoxy) is 2. The molecule has 1 aliphatic rings. The number of rotatable bonds is 6. The van der Waals surface area contributed by atoms with Crippen LogP contribution in [0, 0.1) is 5.92 Å². The first-order valence-electron chi connectivity index (χ1n) is 7.35. The zero-order valence-electron chi connectivity index (χ0n) is 12.6. The summed E-state index contributed by atoms with van der Waals surface area (Å²) in [5.41, 5.74) is 0. The molecule has 1 aromatic heterocycles. The molecule has 1 aliphatic carbocycles. The van der Waals surface area contributed by atoms with Crippen LogP contribution in [0.2, 0.25) is 0 Å².